The number of hydrogen-bond donors (Lipinski definition) is 2. The van der Waals surface area contributed by atoms with Crippen LogP contribution in [-0.4, -0.2) is 23.8 Å². The van der Waals surface area contributed by atoms with E-state index in [4.69, 9.17) is 9.15 Å². The Morgan fingerprint density at radius 1 is 0.906 bits per heavy atom. The second kappa shape index (κ2) is 8.60. The van der Waals surface area contributed by atoms with Gasteiger partial charge in [0.2, 0.25) is 5.76 Å². The molecule has 9 heteroatoms. The van der Waals surface area contributed by atoms with Crippen LogP contribution in [0.3, 0.4) is 0 Å². The van der Waals surface area contributed by atoms with Crippen molar-refractivity contribution in [2.24, 2.45) is 0 Å². The average Bonchev–Trinajstić information content (AvgIpc) is 3.18. The molecule has 0 radical (unpaired) electrons. The molecule has 4 rings (SSSR count). The Labute approximate surface area is 181 Å². The molecule has 0 aliphatic carbocycles. The SMILES string of the molecule is COc1ccc(NC(=O)c2oc3ccccc3c2NC(=O)c2ccccc2[N+](=O)[O-])cc1. The number of anilines is 2. The Morgan fingerprint density at radius 3 is 2.31 bits per heavy atom. The Morgan fingerprint density at radius 2 is 1.59 bits per heavy atom. The van der Waals surface area contributed by atoms with Crippen LogP contribution < -0.4 is 15.4 Å². The van der Waals surface area contributed by atoms with Gasteiger partial charge in [-0.05, 0) is 42.5 Å². The van der Waals surface area contributed by atoms with Gasteiger partial charge in [-0.25, -0.2) is 0 Å². The fourth-order valence-electron chi connectivity index (χ4n) is 3.20. The summed E-state index contributed by atoms with van der Waals surface area (Å²) in [6, 6.07) is 19.0. The van der Waals surface area contributed by atoms with Gasteiger partial charge in [-0.3, -0.25) is 19.7 Å². The van der Waals surface area contributed by atoms with E-state index < -0.39 is 16.7 Å². The molecule has 3 aromatic carbocycles. The van der Waals surface area contributed by atoms with E-state index in [0.717, 1.165) is 0 Å². The van der Waals surface area contributed by atoms with E-state index in [9.17, 15) is 19.7 Å². The third-order valence-electron chi connectivity index (χ3n) is 4.73. The molecule has 0 bridgehead atoms. The summed E-state index contributed by atoms with van der Waals surface area (Å²) in [5.74, 6) is -0.829. The lowest BCUT2D eigenvalue weighted by Crippen LogP contribution is -2.18. The molecule has 0 atom stereocenters. The number of nitro groups is 1. The minimum atomic E-state index is -0.734. The summed E-state index contributed by atoms with van der Waals surface area (Å²) in [4.78, 5) is 36.5. The summed E-state index contributed by atoms with van der Waals surface area (Å²) in [5.41, 5.74) is 0.513. The summed E-state index contributed by atoms with van der Waals surface area (Å²) < 4.78 is 10.8. The van der Waals surface area contributed by atoms with Crippen LogP contribution in [0.5, 0.6) is 5.75 Å². The van der Waals surface area contributed by atoms with Crippen molar-refractivity contribution in [3.63, 3.8) is 0 Å². The van der Waals surface area contributed by atoms with Gasteiger partial charge in [0, 0.05) is 17.1 Å². The number of methoxy groups -OCH3 is 1. The molecule has 2 amide bonds. The second-order valence-electron chi connectivity index (χ2n) is 6.71. The minimum absolute atomic E-state index is 0.120. The molecule has 0 saturated heterocycles. The van der Waals surface area contributed by atoms with E-state index in [1.807, 2.05) is 0 Å². The number of ether oxygens (including phenoxy) is 1. The molecule has 4 aromatic rings. The molecular formula is C23H17N3O6. The largest absolute Gasteiger partial charge is 0.497 e. The van der Waals surface area contributed by atoms with Crippen molar-refractivity contribution in [1.82, 2.24) is 0 Å². The number of nitrogens with zero attached hydrogens (tertiary/aromatic N) is 1. The first-order chi connectivity index (χ1) is 15.5. The zero-order valence-electron chi connectivity index (χ0n) is 16.8. The molecule has 1 aromatic heterocycles. The molecule has 0 aliphatic rings. The predicted molar refractivity (Wildman–Crippen MR) is 118 cm³/mol. The van der Waals surface area contributed by atoms with Crippen molar-refractivity contribution in [2.45, 2.75) is 0 Å². The van der Waals surface area contributed by atoms with Crippen molar-refractivity contribution in [2.75, 3.05) is 17.7 Å². The molecule has 0 unspecified atom stereocenters. The van der Waals surface area contributed by atoms with Crippen molar-refractivity contribution >= 4 is 39.8 Å². The van der Waals surface area contributed by atoms with Crippen LogP contribution in [0.4, 0.5) is 17.1 Å². The number of rotatable bonds is 6. The van der Waals surface area contributed by atoms with Crippen molar-refractivity contribution in [3.8, 4) is 5.75 Å². The number of para-hydroxylation sites is 2. The van der Waals surface area contributed by atoms with Crippen molar-refractivity contribution in [1.29, 1.82) is 0 Å². The standard InChI is InChI=1S/C23H17N3O6/c1-31-15-12-10-14(11-13-15)24-23(28)21-20(17-7-3-5-9-19(17)32-21)25-22(27)16-6-2-4-8-18(16)26(29)30/h2-13H,1H3,(H,24,28)(H,25,27). The number of nitrogens with one attached hydrogen (secondary N) is 2. The first kappa shape index (κ1) is 20.6. The zero-order valence-corrected chi connectivity index (χ0v) is 16.8. The van der Waals surface area contributed by atoms with Crippen LogP contribution in [0.1, 0.15) is 20.9 Å². The fraction of sp³-hybridized carbons (Fsp3) is 0.0435. The molecule has 9 nitrogen and oxygen atoms in total. The van der Waals surface area contributed by atoms with Crippen molar-refractivity contribution < 1.29 is 23.7 Å². The highest BCUT2D eigenvalue weighted by Crippen LogP contribution is 2.32. The number of carbonyl (C=O) groups excluding carboxylic acids is 2. The van der Waals surface area contributed by atoms with E-state index in [1.54, 1.807) is 48.5 Å². The van der Waals surface area contributed by atoms with E-state index in [-0.39, 0.29) is 22.7 Å². The topological polar surface area (TPSA) is 124 Å². The second-order valence-corrected chi connectivity index (χ2v) is 6.71. The third-order valence-corrected chi connectivity index (χ3v) is 4.73. The first-order valence-corrected chi connectivity index (χ1v) is 9.49. The summed E-state index contributed by atoms with van der Waals surface area (Å²) in [6.07, 6.45) is 0. The number of amides is 2. The maximum Gasteiger partial charge on any atom is 0.293 e. The number of furan rings is 1. The van der Waals surface area contributed by atoms with Crippen LogP contribution in [0.25, 0.3) is 11.0 Å². The predicted octanol–water partition coefficient (Wildman–Crippen LogP) is 4.85. The van der Waals surface area contributed by atoms with Gasteiger partial charge in [0.15, 0.2) is 0 Å². The molecular weight excluding hydrogens is 414 g/mol. The molecule has 0 fully saturated rings. The van der Waals surface area contributed by atoms with Gasteiger partial charge in [0.05, 0.1) is 12.0 Å². The lowest BCUT2D eigenvalue weighted by molar-refractivity contribution is -0.385. The quantitative estimate of drug-likeness (QED) is 0.332. The zero-order chi connectivity index (χ0) is 22.7. The summed E-state index contributed by atoms with van der Waals surface area (Å²) in [6.45, 7) is 0. The maximum atomic E-state index is 13.0. The van der Waals surface area contributed by atoms with E-state index in [1.165, 1.54) is 31.4 Å². The van der Waals surface area contributed by atoms with Gasteiger partial charge in [0.1, 0.15) is 22.6 Å². The lowest BCUT2D eigenvalue weighted by atomic mass is 10.1. The lowest BCUT2D eigenvalue weighted by Gasteiger charge is -2.08. The highest BCUT2D eigenvalue weighted by Gasteiger charge is 2.25. The highest BCUT2D eigenvalue weighted by atomic mass is 16.6. The molecule has 160 valence electrons. The molecule has 2 N–H and O–H groups in total. The van der Waals surface area contributed by atoms with Gasteiger partial charge >= 0.3 is 0 Å². The van der Waals surface area contributed by atoms with E-state index >= 15 is 0 Å². The Hall–Kier alpha value is -4.66. The molecule has 32 heavy (non-hydrogen) atoms. The third kappa shape index (κ3) is 3.99. The van der Waals surface area contributed by atoms with Gasteiger partial charge in [0.25, 0.3) is 17.5 Å². The normalized spacial score (nSPS) is 10.5. The van der Waals surface area contributed by atoms with Crippen LogP contribution in [0, 0.1) is 10.1 Å². The van der Waals surface area contributed by atoms with Crippen molar-refractivity contribution in [3.05, 3.63) is 94.2 Å². The van der Waals surface area contributed by atoms with Crippen LogP contribution >= 0.6 is 0 Å². The summed E-state index contributed by atoms with van der Waals surface area (Å²) in [7, 11) is 1.54. The number of hydrogen-bond acceptors (Lipinski definition) is 6. The first-order valence-electron chi connectivity index (χ1n) is 9.49. The highest BCUT2D eigenvalue weighted by molar-refractivity contribution is 6.17. The van der Waals surface area contributed by atoms with Crippen LogP contribution in [0.2, 0.25) is 0 Å². The van der Waals surface area contributed by atoms with Crippen LogP contribution in [-0.2, 0) is 0 Å². The number of nitro benzene ring substituents is 1. The number of fused-ring (bicyclic) bond motifs is 1. The average molecular weight is 431 g/mol. The molecule has 1 heterocycles. The van der Waals surface area contributed by atoms with Gasteiger partial charge in [-0.15, -0.1) is 0 Å². The molecule has 0 aliphatic heterocycles. The number of carbonyl (C=O) groups is 2. The summed E-state index contributed by atoms with van der Waals surface area (Å²) in [5, 5.41) is 17.1. The van der Waals surface area contributed by atoms with Gasteiger partial charge < -0.3 is 19.8 Å². The van der Waals surface area contributed by atoms with E-state index in [2.05, 4.69) is 10.6 Å². The number of benzene rings is 3. The molecule has 0 spiro atoms. The Kier molecular flexibility index (Phi) is 5.54. The van der Waals surface area contributed by atoms with Gasteiger partial charge in [-0.2, -0.15) is 0 Å². The Balaban J connectivity index is 1.69. The Bertz CT molecular complexity index is 1330. The van der Waals surface area contributed by atoms with Crippen LogP contribution in [0.15, 0.2) is 77.2 Å². The minimum Gasteiger partial charge on any atom is -0.497 e. The maximum absolute atomic E-state index is 13.0. The van der Waals surface area contributed by atoms with E-state index in [0.29, 0.717) is 22.4 Å². The monoisotopic (exact) mass is 431 g/mol. The fourth-order valence-corrected chi connectivity index (χ4v) is 3.20. The van der Waals surface area contributed by atoms with Gasteiger partial charge in [-0.1, -0.05) is 24.3 Å². The summed E-state index contributed by atoms with van der Waals surface area (Å²) >= 11 is 0. The molecule has 0 saturated carbocycles. The smallest absolute Gasteiger partial charge is 0.293 e.